The molecule has 0 saturated carbocycles. The molecule has 6 heteroatoms. The van der Waals surface area contributed by atoms with E-state index >= 15 is 0 Å². The molecule has 3 heterocycles. The largest absolute Gasteiger partial charge is 0.370 e. The topological polar surface area (TPSA) is 62.5 Å². The van der Waals surface area contributed by atoms with Crippen molar-refractivity contribution in [2.24, 2.45) is 5.73 Å². The maximum absolute atomic E-state index is 11.2. The molecule has 25 heavy (non-hydrogen) atoms. The number of nitrogens with zero attached hydrogens (tertiary/aromatic N) is 3. The molecule has 1 aliphatic heterocycles. The van der Waals surface area contributed by atoms with Gasteiger partial charge in [-0.15, -0.1) is 0 Å². The number of rotatable bonds is 7. The first-order valence-electron chi connectivity index (χ1n) is 8.83. The SMILES string of the molecule is CC(CC(N)=O)N1CCC(N(Cc2ccsc2)c2cccnc2)CC1. The molecule has 1 unspecified atom stereocenters. The summed E-state index contributed by atoms with van der Waals surface area (Å²) < 4.78 is 0. The highest BCUT2D eigenvalue weighted by molar-refractivity contribution is 7.07. The van der Waals surface area contributed by atoms with Gasteiger partial charge in [-0.3, -0.25) is 14.7 Å². The minimum Gasteiger partial charge on any atom is -0.370 e. The van der Waals surface area contributed by atoms with Crippen LogP contribution in [0.2, 0.25) is 0 Å². The van der Waals surface area contributed by atoms with E-state index in [1.54, 1.807) is 11.3 Å². The van der Waals surface area contributed by atoms with Gasteiger partial charge in [-0.05, 0) is 54.3 Å². The number of carbonyl (C=O) groups excluding carboxylic acids is 1. The van der Waals surface area contributed by atoms with Crippen LogP contribution >= 0.6 is 11.3 Å². The minimum atomic E-state index is -0.218. The highest BCUT2D eigenvalue weighted by atomic mass is 32.1. The fraction of sp³-hybridized carbons (Fsp3) is 0.474. The third-order valence-corrected chi connectivity index (χ3v) is 5.70. The number of hydrogen-bond acceptors (Lipinski definition) is 5. The van der Waals surface area contributed by atoms with E-state index in [-0.39, 0.29) is 11.9 Å². The summed E-state index contributed by atoms with van der Waals surface area (Å²) in [6.45, 7) is 5.01. The van der Waals surface area contributed by atoms with Gasteiger partial charge in [0, 0.05) is 44.3 Å². The van der Waals surface area contributed by atoms with Gasteiger partial charge >= 0.3 is 0 Å². The van der Waals surface area contributed by atoms with Crippen LogP contribution < -0.4 is 10.6 Å². The first-order chi connectivity index (χ1) is 12.1. The summed E-state index contributed by atoms with van der Waals surface area (Å²) in [5.74, 6) is -0.218. The average molecular weight is 359 g/mol. The Balaban J connectivity index is 1.67. The van der Waals surface area contributed by atoms with Crippen LogP contribution in [-0.4, -0.2) is 41.0 Å². The summed E-state index contributed by atoms with van der Waals surface area (Å²) in [5, 5.41) is 4.35. The van der Waals surface area contributed by atoms with E-state index in [4.69, 9.17) is 5.73 Å². The molecule has 1 aliphatic rings. The monoisotopic (exact) mass is 358 g/mol. The lowest BCUT2D eigenvalue weighted by atomic mass is 9.99. The molecule has 0 aliphatic carbocycles. The van der Waals surface area contributed by atoms with Gasteiger partial charge in [0.2, 0.25) is 5.91 Å². The Hall–Kier alpha value is -1.92. The summed E-state index contributed by atoms with van der Waals surface area (Å²) in [7, 11) is 0. The first kappa shape index (κ1) is 17.9. The molecule has 1 amide bonds. The van der Waals surface area contributed by atoms with E-state index in [1.165, 1.54) is 11.3 Å². The van der Waals surface area contributed by atoms with Crippen molar-refractivity contribution in [3.63, 3.8) is 0 Å². The van der Waals surface area contributed by atoms with Crippen molar-refractivity contribution in [1.29, 1.82) is 0 Å². The smallest absolute Gasteiger partial charge is 0.218 e. The van der Waals surface area contributed by atoms with E-state index < -0.39 is 0 Å². The third kappa shape index (κ3) is 4.80. The molecule has 0 radical (unpaired) electrons. The summed E-state index contributed by atoms with van der Waals surface area (Å²) in [5.41, 5.74) is 7.87. The second-order valence-electron chi connectivity index (χ2n) is 6.76. The van der Waals surface area contributed by atoms with Crippen LogP contribution in [0.5, 0.6) is 0 Å². The molecule has 2 aromatic rings. The zero-order valence-electron chi connectivity index (χ0n) is 14.7. The van der Waals surface area contributed by atoms with E-state index in [0.717, 1.165) is 32.5 Å². The predicted molar refractivity (Wildman–Crippen MR) is 103 cm³/mol. The van der Waals surface area contributed by atoms with Crippen LogP contribution in [-0.2, 0) is 11.3 Å². The fourth-order valence-corrected chi connectivity index (χ4v) is 4.25. The zero-order chi connectivity index (χ0) is 17.6. The molecule has 0 spiro atoms. The molecule has 0 bridgehead atoms. The summed E-state index contributed by atoms with van der Waals surface area (Å²) in [6.07, 6.45) is 6.38. The van der Waals surface area contributed by atoms with E-state index in [1.807, 2.05) is 18.5 Å². The zero-order valence-corrected chi connectivity index (χ0v) is 15.5. The van der Waals surface area contributed by atoms with Gasteiger partial charge in [-0.1, -0.05) is 0 Å². The fourth-order valence-electron chi connectivity index (χ4n) is 3.59. The van der Waals surface area contributed by atoms with Crippen molar-refractivity contribution in [2.45, 2.75) is 44.8 Å². The Morgan fingerprint density at radius 1 is 1.44 bits per heavy atom. The molecule has 1 fully saturated rings. The standard InChI is InChI=1S/C19H26N4OS/c1-15(11-19(20)24)22-8-4-17(5-9-22)23(13-16-6-10-25-14-16)18-3-2-7-21-12-18/h2-3,6-7,10,12,14-15,17H,4-5,8-9,11,13H2,1H3,(H2,20,24). The number of thiophene rings is 1. The number of amides is 1. The van der Waals surface area contributed by atoms with Crippen LogP contribution in [0.25, 0.3) is 0 Å². The summed E-state index contributed by atoms with van der Waals surface area (Å²) in [6, 6.07) is 7.04. The van der Waals surface area contributed by atoms with Crippen molar-refractivity contribution >= 4 is 22.9 Å². The van der Waals surface area contributed by atoms with Gasteiger partial charge in [0.15, 0.2) is 0 Å². The van der Waals surface area contributed by atoms with Gasteiger partial charge in [0.1, 0.15) is 0 Å². The van der Waals surface area contributed by atoms with Crippen molar-refractivity contribution in [3.05, 3.63) is 46.9 Å². The number of likely N-dealkylation sites (tertiary alicyclic amines) is 1. The van der Waals surface area contributed by atoms with Crippen molar-refractivity contribution in [1.82, 2.24) is 9.88 Å². The Kier molecular flexibility index (Phi) is 6.04. The molecule has 3 rings (SSSR count). The molecular weight excluding hydrogens is 332 g/mol. The molecule has 1 saturated heterocycles. The number of anilines is 1. The van der Waals surface area contributed by atoms with Crippen LogP contribution in [0.15, 0.2) is 41.4 Å². The average Bonchev–Trinajstić information content (AvgIpc) is 3.13. The number of primary amides is 1. The molecule has 2 aromatic heterocycles. The Bertz CT molecular complexity index is 653. The minimum absolute atomic E-state index is 0.218. The maximum Gasteiger partial charge on any atom is 0.218 e. The molecule has 134 valence electrons. The quantitative estimate of drug-likeness (QED) is 0.827. The molecule has 2 N–H and O–H groups in total. The van der Waals surface area contributed by atoms with E-state index in [9.17, 15) is 4.79 Å². The molecule has 5 nitrogen and oxygen atoms in total. The molecular formula is C19H26N4OS. The van der Waals surface area contributed by atoms with Crippen LogP contribution in [0.1, 0.15) is 31.7 Å². The van der Waals surface area contributed by atoms with Gasteiger partial charge in [-0.2, -0.15) is 11.3 Å². The summed E-state index contributed by atoms with van der Waals surface area (Å²) >= 11 is 1.74. The predicted octanol–water partition coefficient (Wildman–Crippen LogP) is 2.88. The van der Waals surface area contributed by atoms with Gasteiger partial charge in [0.05, 0.1) is 11.9 Å². The Labute approximate surface area is 153 Å². The normalized spacial score (nSPS) is 17.3. The number of aromatic nitrogens is 1. The Morgan fingerprint density at radius 3 is 2.84 bits per heavy atom. The van der Waals surface area contributed by atoms with E-state index in [0.29, 0.717) is 12.5 Å². The second kappa shape index (κ2) is 8.45. The first-order valence-corrected chi connectivity index (χ1v) is 9.78. The van der Waals surface area contributed by atoms with Gasteiger partial charge < -0.3 is 10.6 Å². The number of piperidine rings is 1. The van der Waals surface area contributed by atoms with Crippen LogP contribution in [0.3, 0.4) is 0 Å². The Morgan fingerprint density at radius 2 is 2.24 bits per heavy atom. The third-order valence-electron chi connectivity index (χ3n) is 4.97. The van der Waals surface area contributed by atoms with Crippen LogP contribution in [0, 0.1) is 0 Å². The van der Waals surface area contributed by atoms with E-state index in [2.05, 4.69) is 44.6 Å². The maximum atomic E-state index is 11.2. The lowest BCUT2D eigenvalue weighted by Crippen LogP contribution is -2.48. The molecule has 0 aromatic carbocycles. The highest BCUT2D eigenvalue weighted by Gasteiger charge is 2.27. The van der Waals surface area contributed by atoms with Crippen LogP contribution in [0.4, 0.5) is 5.69 Å². The lowest BCUT2D eigenvalue weighted by molar-refractivity contribution is -0.119. The van der Waals surface area contributed by atoms with Gasteiger partial charge in [0.25, 0.3) is 0 Å². The molecule has 1 atom stereocenters. The number of hydrogen-bond donors (Lipinski definition) is 1. The van der Waals surface area contributed by atoms with Gasteiger partial charge in [-0.25, -0.2) is 0 Å². The number of nitrogens with two attached hydrogens (primary N) is 1. The summed E-state index contributed by atoms with van der Waals surface area (Å²) in [4.78, 5) is 20.3. The number of carbonyl (C=O) groups is 1. The van der Waals surface area contributed by atoms with Crippen molar-refractivity contribution in [2.75, 3.05) is 18.0 Å². The number of pyridine rings is 1. The van der Waals surface area contributed by atoms with Crippen molar-refractivity contribution in [3.8, 4) is 0 Å². The lowest BCUT2D eigenvalue weighted by Gasteiger charge is -2.41. The highest BCUT2D eigenvalue weighted by Crippen LogP contribution is 2.26. The second-order valence-corrected chi connectivity index (χ2v) is 7.54. The van der Waals surface area contributed by atoms with Crippen molar-refractivity contribution < 1.29 is 4.79 Å².